The standard InChI is InChI=1S/C29H28N4O4S/c1-35-28(34)20-8-6-19(7-9-20)17-33-13-3-4-22(33)16-30-15-21-18-36-25-14-23(10-11-24(21)25)37-29-32-27-26(38-29)5-2-12-31-27/h2,5-12,14,18,22,30H,3-4,13,15-17H2,1H3/t22-/m0/s1. The van der Waals surface area contributed by atoms with Crippen LogP contribution < -0.4 is 10.1 Å². The Bertz CT molecular complexity index is 1530. The molecule has 9 heteroatoms. The highest BCUT2D eigenvalue weighted by atomic mass is 32.1. The Labute approximate surface area is 224 Å². The summed E-state index contributed by atoms with van der Waals surface area (Å²) in [5.41, 5.74) is 4.38. The third kappa shape index (κ3) is 5.26. The summed E-state index contributed by atoms with van der Waals surface area (Å²) in [7, 11) is 1.40. The van der Waals surface area contributed by atoms with Crippen LogP contribution in [0.3, 0.4) is 0 Å². The number of esters is 1. The summed E-state index contributed by atoms with van der Waals surface area (Å²) in [5, 5.41) is 5.27. The number of carbonyl (C=O) groups excluding carboxylic acids is 1. The second kappa shape index (κ2) is 10.9. The number of aromatic nitrogens is 2. The molecule has 0 amide bonds. The van der Waals surface area contributed by atoms with Crippen molar-refractivity contribution in [1.82, 2.24) is 20.2 Å². The SMILES string of the molecule is COC(=O)c1ccc(CN2CCC[C@H]2CNCc2coc3cc(Oc4nc5ncccc5s4)ccc23)cc1. The van der Waals surface area contributed by atoms with Crippen LogP contribution in [0, 0.1) is 0 Å². The van der Waals surface area contributed by atoms with E-state index in [-0.39, 0.29) is 5.97 Å². The number of fused-ring (bicyclic) bond motifs is 2. The lowest BCUT2D eigenvalue weighted by molar-refractivity contribution is 0.0600. The number of likely N-dealkylation sites (tertiary alicyclic amines) is 1. The van der Waals surface area contributed by atoms with Crippen LogP contribution in [0.2, 0.25) is 0 Å². The van der Waals surface area contributed by atoms with Gasteiger partial charge >= 0.3 is 5.97 Å². The maximum Gasteiger partial charge on any atom is 0.337 e. The number of hydrogen-bond acceptors (Lipinski definition) is 9. The second-order valence-corrected chi connectivity index (χ2v) is 10.4. The van der Waals surface area contributed by atoms with Gasteiger partial charge in [0.1, 0.15) is 11.3 Å². The molecule has 0 bridgehead atoms. The van der Waals surface area contributed by atoms with Crippen molar-refractivity contribution in [2.45, 2.75) is 32.0 Å². The molecule has 0 unspecified atom stereocenters. The highest BCUT2D eigenvalue weighted by Gasteiger charge is 2.24. The summed E-state index contributed by atoms with van der Waals surface area (Å²) in [6.07, 6.45) is 5.90. The molecule has 1 aliphatic rings. The monoisotopic (exact) mass is 528 g/mol. The van der Waals surface area contributed by atoms with Gasteiger partial charge in [0.15, 0.2) is 5.65 Å². The van der Waals surface area contributed by atoms with Gasteiger partial charge in [-0.05, 0) is 61.3 Å². The number of rotatable bonds is 9. The zero-order chi connectivity index (χ0) is 25.9. The maximum absolute atomic E-state index is 11.7. The largest absolute Gasteiger partial charge is 0.465 e. The van der Waals surface area contributed by atoms with Crippen molar-refractivity contribution in [3.8, 4) is 10.9 Å². The van der Waals surface area contributed by atoms with Crippen LogP contribution in [0.25, 0.3) is 21.3 Å². The van der Waals surface area contributed by atoms with Gasteiger partial charge in [-0.1, -0.05) is 23.5 Å². The van der Waals surface area contributed by atoms with Crippen LogP contribution in [0.4, 0.5) is 0 Å². The van der Waals surface area contributed by atoms with Crippen LogP contribution in [0.1, 0.15) is 34.3 Å². The number of thiazole rings is 1. The number of pyridine rings is 1. The Morgan fingerprint density at radius 3 is 2.95 bits per heavy atom. The quantitative estimate of drug-likeness (QED) is 0.241. The average Bonchev–Trinajstić information content (AvgIpc) is 3.67. The minimum atomic E-state index is -0.305. The Morgan fingerprint density at radius 1 is 1.21 bits per heavy atom. The van der Waals surface area contributed by atoms with E-state index in [0.717, 1.165) is 47.4 Å². The minimum Gasteiger partial charge on any atom is -0.465 e. The van der Waals surface area contributed by atoms with Gasteiger partial charge in [-0.25, -0.2) is 9.78 Å². The Kier molecular flexibility index (Phi) is 7.04. The normalized spacial score (nSPS) is 15.9. The Morgan fingerprint density at radius 2 is 2.11 bits per heavy atom. The molecule has 0 saturated carbocycles. The first kappa shape index (κ1) is 24.5. The fourth-order valence-corrected chi connectivity index (χ4v) is 5.76. The van der Waals surface area contributed by atoms with Gasteiger partial charge in [0.25, 0.3) is 5.19 Å². The topological polar surface area (TPSA) is 89.7 Å². The molecule has 1 N–H and O–H groups in total. The van der Waals surface area contributed by atoms with Crippen LogP contribution in [-0.4, -0.2) is 47.1 Å². The van der Waals surface area contributed by atoms with E-state index in [9.17, 15) is 4.79 Å². The van der Waals surface area contributed by atoms with E-state index in [1.54, 1.807) is 6.20 Å². The van der Waals surface area contributed by atoms with Crippen molar-refractivity contribution >= 4 is 38.6 Å². The molecular weight excluding hydrogens is 500 g/mol. The minimum absolute atomic E-state index is 0.305. The van der Waals surface area contributed by atoms with E-state index in [1.165, 1.54) is 36.9 Å². The Balaban J connectivity index is 1.04. The summed E-state index contributed by atoms with van der Waals surface area (Å²) in [6.45, 7) is 3.58. The maximum atomic E-state index is 11.7. The van der Waals surface area contributed by atoms with Crippen molar-refractivity contribution in [3.05, 3.63) is 83.7 Å². The number of ether oxygens (including phenoxy) is 2. The molecule has 5 aromatic rings. The number of carbonyl (C=O) groups is 1. The van der Waals surface area contributed by atoms with Crippen molar-refractivity contribution in [1.29, 1.82) is 0 Å². The molecule has 0 spiro atoms. The van der Waals surface area contributed by atoms with Crippen molar-refractivity contribution in [2.75, 3.05) is 20.2 Å². The second-order valence-electron chi connectivity index (χ2n) is 9.41. The first-order valence-corrected chi connectivity index (χ1v) is 13.5. The van der Waals surface area contributed by atoms with E-state index in [4.69, 9.17) is 13.9 Å². The van der Waals surface area contributed by atoms with Gasteiger partial charge in [0, 0.05) is 48.9 Å². The van der Waals surface area contributed by atoms with Crippen molar-refractivity contribution in [2.24, 2.45) is 0 Å². The van der Waals surface area contributed by atoms with Gasteiger partial charge in [-0.2, -0.15) is 4.98 Å². The molecule has 0 radical (unpaired) electrons. The van der Waals surface area contributed by atoms with Gasteiger partial charge < -0.3 is 19.2 Å². The highest BCUT2D eigenvalue weighted by Crippen LogP contribution is 2.32. The molecule has 2 aromatic carbocycles. The molecule has 3 aromatic heterocycles. The molecule has 6 rings (SSSR count). The predicted molar refractivity (Wildman–Crippen MR) is 147 cm³/mol. The fraction of sp³-hybridized carbons (Fsp3) is 0.276. The molecule has 194 valence electrons. The Hall–Kier alpha value is -3.79. The number of furan rings is 1. The van der Waals surface area contributed by atoms with Crippen LogP contribution in [0.5, 0.6) is 10.9 Å². The zero-order valence-corrected chi connectivity index (χ0v) is 21.9. The molecule has 4 heterocycles. The van der Waals surface area contributed by atoms with E-state index >= 15 is 0 Å². The summed E-state index contributed by atoms with van der Waals surface area (Å²) >= 11 is 1.47. The molecule has 1 atom stereocenters. The zero-order valence-electron chi connectivity index (χ0n) is 21.1. The summed E-state index contributed by atoms with van der Waals surface area (Å²) < 4.78 is 17.6. The lowest BCUT2D eigenvalue weighted by atomic mass is 10.1. The smallest absolute Gasteiger partial charge is 0.337 e. The number of methoxy groups -OCH3 is 1. The molecular formula is C29H28N4O4S. The third-order valence-electron chi connectivity index (χ3n) is 6.93. The lowest BCUT2D eigenvalue weighted by Gasteiger charge is -2.25. The molecule has 1 aliphatic heterocycles. The van der Waals surface area contributed by atoms with Crippen molar-refractivity contribution < 1.29 is 18.7 Å². The molecule has 1 saturated heterocycles. The molecule has 0 aliphatic carbocycles. The average molecular weight is 529 g/mol. The molecule has 1 fully saturated rings. The highest BCUT2D eigenvalue weighted by molar-refractivity contribution is 7.20. The van der Waals surface area contributed by atoms with Crippen LogP contribution >= 0.6 is 11.3 Å². The summed E-state index contributed by atoms with van der Waals surface area (Å²) in [6, 6.07) is 17.9. The number of nitrogens with one attached hydrogen (secondary N) is 1. The van der Waals surface area contributed by atoms with E-state index in [2.05, 4.69) is 20.2 Å². The van der Waals surface area contributed by atoms with Crippen LogP contribution in [0.15, 0.2) is 71.5 Å². The number of nitrogens with zero attached hydrogens (tertiary/aromatic N) is 3. The fourth-order valence-electron chi connectivity index (χ4n) is 4.96. The predicted octanol–water partition coefficient (Wildman–Crippen LogP) is 5.77. The van der Waals surface area contributed by atoms with Crippen molar-refractivity contribution in [3.63, 3.8) is 0 Å². The van der Waals surface area contributed by atoms with E-state index < -0.39 is 0 Å². The van der Waals surface area contributed by atoms with Gasteiger partial charge in [0.05, 0.1) is 23.6 Å². The first-order valence-electron chi connectivity index (χ1n) is 12.7. The van der Waals surface area contributed by atoms with Gasteiger partial charge in [-0.15, -0.1) is 0 Å². The third-order valence-corrected chi connectivity index (χ3v) is 7.82. The van der Waals surface area contributed by atoms with Crippen LogP contribution in [-0.2, 0) is 17.8 Å². The number of hydrogen-bond donors (Lipinski definition) is 1. The van der Waals surface area contributed by atoms with E-state index in [0.29, 0.717) is 28.2 Å². The van der Waals surface area contributed by atoms with Gasteiger partial charge in [-0.3, -0.25) is 4.90 Å². The molecule has 38 heavy (non-hydrogen) atoms. The summed E-state index contributed by atoms with van der Waals surface area (Å²) in [5.74, 6) is 0.382. The van der Waals surface area contributed by atoms with Gasteiger partial charge in [0.2, 0.25) is 0 Å². The number of benzene rings is 2. The first-order chi connectivity index (χ1) is 18.7. The lowest BCUT2D eigenvalue weighted by Crippen LogP contribution is -2.37. The summed E-state index contributed by atoms with van der Waals surface area (Å²) in [4.78, 5) is 22.9. The van der Waals surface area contributed by atoms with E-state index in [1.807, 2.05) is 60.9 Å². The molecule has 8 nitrogen and oxygen atoms in total.